The summed E-state index contributed by atoms with van der Waals surface area (Å²) in [6, 6.07) is -1.03. The standard InChI is InChI=1S/C9H11FN2O5S/c1-5(13)8(9(14)15)12-18(16,17)7-2-6(10)3-11-4-7/h2-5,8,12-13H,1H3,(H,14,15)/t5-,8+/m1/s1. The van der Waals surface area contributed by atoms with Crippen LogP contribution in [0.15, 0.2) is 23.4 Å². The molecule has 3 N–H and O–H groups in total. The number of pyridine rings is 1. The number of carboxylic acid groups (broad SMARTS) is 1. The van der Waals surface area contributed by atoms with Crippen LogP contribution in [0, 0.1) is 5.82 Å². The second-order valence-electron chi connectivity index (χ2n) is 3.52. The summed E-state index contributed by atoms with van der Waals surface area (Å²) in [6.07, 6.45) is 0.230. The molecular weight excluding hydrogens is 267 g/mol. The van der Waals surface area contributed by atoms with Gasteiger partial charge in [-0.05, 0) is 13.0 Å². The lowest BCUT2D eigenvalue weighted by Gasteiger charge is -2.16. The van der Waals surface area contributed by atoms with E-state index in [4.69, 9.17) is 10.2 Å². The summed E-state index contributed by atoms with van der Waals surface area (Å²) in [4.78, 5) is 13.6. The molecule has 0 aliphatic rings. The molecule has 100 valence electrons. The molecule has 0 aromatic carbocycles. The van der Waals surface area contributed by atoms with Crippen molar-refractivity contribution in [2.45, 2.75) is 24.0 Å². The number of carbonyl (C=O) groups is 1. The number of aliphatic carboxylic acids is 1. The summed E-state index contributed by atoms with van der Waals surface area (Å²) in [5.74, 6) is -2.42. The number of hydrogen-bond donors (Lipinski definition) is 3. The van der Waals surface area contributed by atoms with Crippen molar-refractivity contribution in [3.05, 3.63) is 24.3 Å². The number of aliphatic hydroxyl groups excluding tert-OH is 1. The Labute approximate surface area is 102 Å². The van der Waals surface area contributed by atoms with Crippen LogP contribution in [0.5, 0.6) is 0 Å². The molecule has 1 rings (SSSR count). The monoisotopic (exact) mass is 278 g/mol. The first-order valence-electron chi connectivity index (χ1n) is 4.78. The first kappa shape index (κ1) is 14.5. The molecule has 0 fully saturated rings. The van der Waals surface area contributed by atoms with Crippen molar-refractivity contribution >= 4 is 16.0 Å². The SMILES string of the molecule is C[C@@H](O)[C@H](NS(=O)(=O)c1cncc(F)c1)C(=O)O. The number of sulfonamides is 1. The minimum absolute atomic E-state index is 0.519. The maximum Gasteiger partial charge on any atom is 0.324 e. The number of carboxylic acids is 1. The third kappa shape index (κ3) is 3.45. The lowest BCUT2D eigenvalue weighted by molar-refractivity contribution is -0.141. The topological polar surface area (TPSA) is 117 Å². The summed E-state index contributed by atoms with van der Waals surface area (Å²) in [6.45, 7) is 1.12. The van der Waals surface area contributed by atoms with Crippen LogP contribution in [0.3, 0.4) is 0 Å². The van der Waals surface area contributed by atoms with E-state index in [9.17, 15) is 17.6 Å². The van der Waals surface area contributed by atoms with Crippen LogP contribution in [0.2, 0.25) is 0 Å². The van der Waals surface area contributed by atoms with Crippen LogP contribution in [-0.2, 0) is 14.8 Å². The number of nitrogens with zero attached hydrogens (tertiary/aromatic N) is 1. The van der Waals surface area contributed by atoms with E-state index in [1.165, 1.54) is 0 Å². The van der Waals surface area contributed by atoms with Crippen molar-refractivity contribution < 1.29 is 27.8 Å². The molecule has 0 radical (unpaired) electrons. The second-order valence-corrected chi connectivity index (χ2v) is 5.23. The quantitative estimate of drug-likeness (QED) is 0.658. The highest BCUT2D eigenvalue weighted by Crippen LogP contribution is 2.10. The fraction of sp³-hybridized carbons (Fsp3) is 0.333. The summed E-state index contributed by atoms with van der Waals surface area (Å²) < 4.78 is 38.0. The second kappa shape index (κ2) is 5.38. The van der Waals surface area contributed by atoms with E-state index in [2.05, 4.69) is 4.98 Å². The van der Waals surface area contributed by atoms with E-state index >= 15 is 0 Å². The van der Waals surface area contributed by atoms with Gasteiger partial charge in [0.1, 0.15) is 16.8 Å². The van der Waals surface area contributed by atoms with Crippen LogP contribution in [0.25, 0.3) is 0 Å². The van der Waals surface area contributed by atoms with Gasteiger partial charge < -0.3 is 10.2 Å². The number of aromatic nitrogens is 1. The number of rotatable bonds is 5. The Morgan fingerprint density at radius 1 is 1.50 bits per heavy atom. The molecule has 0 bridgehead atoms. The Morgan fingerprint density at radius 2 is 2.11 bits per heavy atom. The molecule has 9 heteroatoms. The van der Waals surface area contributed by atoms with Crippen molar-refractivity contribution in [3.63, 3.8) is 0 Å². The third-order valence-electron chi connectivity index (χ3n) is 2.02. The normalized spacial score (nSPS) is 15.1. The van der Waals surface area contributed by atoms with E-state index in [-0.39, 0.29) is 0 Å². The zero-order valence-electron chi connectivity index (χ0n) is 9.24. The molecule has 0 aliphatic heterocycles. The molecule has 7 nitrogen and oxygen atoms in total. The summed E-state index contributed by atoms with van der Waals surface area (Å²) in [7, 11) is -4.27. The van der Waals surface area contributed by atoms with Gasteiger partial charge >= 0.3 is 5.97 Å². The van der Waals surface area contributed by atoms with Gasteiger partial charge in [-0.1, -0.05) is 0 Å². The summed E-state index contributed by atoms with van der Waals surface area (Å²) >= 11 is 0. The van der Waals surface area contributed by atoms with Gasteiger partial charge in [0, 0.05) is 6.20 Å². The van der Waals surface area contributed by atoms with Crippen LogP contribution in [0.4, 0.5) is 4.39 Å². The van der Waals surface area contributed by atoms with Gasteiger partial charge in [-0.3, -0.25) is 9.78 Å². The first-order chi connectivity index (χ1) is 8.24. The molecule has 0 saturated heterocycles. The van der Waals surface area contributed by atoms with Crippen molar-refractivity contribution in [1.29, 1.82) is 0 Å². The Kier molecular flexibility index (Phi) is 4.33. The number of halogens is 1. The zero-order valence-corrected chi connectivity index (χ0v) is 10.1. The van der Waals surface area contributed by atoms with Crippen molar-refractivity contribution in [2.24, 2.45) is 0 Å². The van der Waals surface area contributed by atoms with Crippen molar-refractivity contribution in [1.82, 2.24) is 9.71 Å². The van der Waals surface area contributed by atoms with Gasteiger partial charge in [0.05, 0.1) is 12.3 Å². The van der Waals surface area contributed by atoms with Crippen molar-refractivity contribution in [3.8, 4) is 0 Å². The predicted octanol–water partition coefficient (Wildman–Crippen LogP) is -0.667. The predicted molar refractivity (Wildman–Crippen MR) is 57.6 cm³/mol. The number of nitrogens with one attached hydrogen (secondary N) is 1. The average Bonchev–Trinajstić information content (AvgIpc) is 2.25. The minimum atomic E-state index is -4.27. The van der Waals surface area contributed by atoms with E-state index in [0.717, 1.165) is 19.3 Å². The van der Waals surface area contributed by atoms with Gasteiger partial charge in [0.25, 0.3) is 0 Å². The van der Waals surface area contributed by atoms with E-state index in [1.54, 1.807) is 4.72 Å². The van der Waals surface area contributed by atoms with Gasteiger partial charge in [0.2, 0.25) is 10.0 Å². The third-order valence-corrected chi connectivity index (χ3v) is 3.43. The van der Waals surface area contributed by atoms with Crippen LogP contribution < -0.4 is 4.72 Å². The summed E-state index contributed by atoms with van der Waals surface area (Å²) in [5, 5.41) is 17.9. The van der Waals surface area contributed by atoms with Gasteiger partial charge in [-0.15, -0.1) is 0 Å². The molecule has 0 saturated carbocycles. The maximum absolute atomic E-state index is 12.8. The van der Waals surface area contributed by atoms with Crippen LogP contribution in [0.1, 0.15) is 6.92 Å². The molecule has 1 aromatic heterocycles. The molecule has 18 heavy (non-hydrogen) atoms. The fourth-order valence-corrected chi connectivity index (χ4v) is 2.37. The Hall–Kier alpha value is -1.58. The van der Waals surface area contributed by atoms with Gasteiger partial charge in [-0.25, -0.2) is 12.8 Å². The molecule has 2 atom stereocenters. The average molecular weight is 278 g/mol. The van der Waals surface area contributed by atoms with Gasteiger partial charge in [0.15, 0.2) is 0 Å². The van der Waals surface area contributed by atoms with Gasteiger partial charge in [-0.2, -0.15) is 4.72 Å². The highest BCUT2D eigenvalue weighted by Gasteiger charge is 2.29. The molecular formula is C9H11FN2O5S. The van der Waals surface area contributed by atoms with E-state index < -0.39 is 38.9 Å². The maximum atomic E-state index is 12.8. The molecule has 0 aliphatic carbocycles. The molecule has 0 spiro atoms. The van der Waals surface area contributed by atoms with Crippen molar-refractivity contribution in [2.75, 3.05) is 0 Å². The minimum Gasteiger partial charge on any atom is -0.480 e. The Morgan fingerprint density at radius 3 is 2.56 bits per heavy atom. The number of hydrogen-bond acceptors (Lipinski definition) is 5. The smallest absolute Gasteiger partial charge is 0.324 e. The zero-order chi connectivity index (χ0) is 13.9. The Balaban J connectivity index is 3.05. The van der Waals surface area contributed by atoms with Crippen LogP contribution >= 0.6 is 0 Å². The fourth-order valence-electron chi connectivity index (χ4n) is 1.13. The largest absolute Gasteiger partial charge is 0.480 e. The van der Waals surface area contributed by atoms with E-state index in [0.29, 0.717) is 6.07 Å². The molecule has 0 unspecified atom stereocenters. The number of aliphatic hydroxyl groups is 1. The molecule has 0 amide bonds. The molecule has 1 aromatic rings. The highest BCUT2D eigenvalue weighted by atomic mass is 32.2. The molecule has 1 heterocycles. The Bertz CT molecular complexity index is 546. The van der Waals surface area contributed by atoms with E-state index in [1.807, 2.05) is 0 Å². The lowest BCUT2D eigenvalue weighted by Crippen LogP contribution is -2.47. The highest BCUT2D eigenvalue weighted by molar-refractivity contribution is 7.89. The summed E-state index contributed by atoms with van der Waals surface area (Å²) in [5.41, 5.74) is 0. The first-order valence-corrected chi connectivity index (χ1v) is 6.26. The van der Waals surface area contributed by atoms with Crippen LogP contribution in [-0.4, -0.2) is 41.7 Å². The lowest BCUT2D eigenvalue weighted by atomic mass is 10.2.